The van der Waals surface area contributed by atoms with Gasteiger partial charge in [-0.25, -0.2) is 4.79 Å². The maximum atomic E-state index is 12.1. The smallest absolute Gasteiger partial charge is 0.336 e. The van der Waals surface area contributed by atoms with Gasteiger partial charge in [-0.2, -0.15) is 0 Å². The molecule has 0 heterocycles. The second-order valence-electron chi connectivity index (χ2n) is 7.25. The highest BCUT2D eigenvalue weighted by Gasteiger charge is 2.06. The van der Waals surface area contributed by atoms with Crippen LogP contribution >= 0.6 is 0 Å². The Kier molecular flexibility index (Phi) is 11.1. The molecular formula is C26H34O5. The van der Waals surface area contributed by atoms with Gasteiger partial charge in [0, 0.05) is 6.08 Å². The Morgan fingerprint density at radius 3 is 2.10 bits per heavy atom. The average molecular weight is 427 g/mol. The maximum absolute atomic E-state index is 12.1. The molecular weight excluding hydrogens is 392 g/mol. The number of carbonyl (C=O) groups excluding carboxylic acids is 1. The third-order valence-electron chi connectivity index (χ3n) is 4.66. The van der Waals surface area contributed by atoms with Crippen LogP contribution < -0.4 is 18.9 Å². The van der Waals surface area contributed by atoms with Gasteiger partial charge in [-0.1, -0.05) is 45.6 Å². The van der Waals surface area contributed by atoms with Gasteiger partial charge in [0.2, 0.25) is 0 Å². The van der Waals surface area contributed by atoms with Crippen molar-refractivity contribution >= 4 is 12.0 Å². The van der Waals surface area contributed by atoms with E-state index in [1.165, 1.54) is 6.08 Å². The number of unbranched alkanes of at least 4 members (excludes halogenated alkanes) is 4. The van der Waals surface area contributed by atoms with Gasteiger partial charge in [-0.15, -0.1) is 0 Å². The van der Waals surface area contributed by atoms with Crippen molar-refractivity contribution in [2.24, 2.45) is 0 Å². The fraction of sp³-hybridized carbons (Fsp3) is 0.423. The molecule has 5 nitrogen and oxygen atoms in total. The average Bonchev–Trinajstić information content (AvgIpc) is 2.79. The lowest BCUT2D eigenvalue weighted by Crippen LogP contribution is -2.04. The van der Waals surface area contributed by atoms with E-state index < -0.39 is 5.97 Å². The second-order valence-corrected chi connectivity index (χ2v) is 7.25. The van der Waals surface area contributed by atoms with Crippen LogP contribution in [0.15, 0.2) is 48.5 Å². The molecule has 2 rings (SSSR count). The molecule has 0 aromatic heterocycles. The van der Waals surface area contributed by atoms with Crippen LogP contribution in [-0.2, 0) is 4.79 Å². The van der Waals surface area contributed by atoms with Gasteiger partial charge in [0.25, 0.3) is 0 Å². The molecule has 0 N–H and O–H groups in total. The molecule has 2 aromatic carbocycles. The van der Waals surface area contributed by atoms with Crippen molar-refractivity contribution in [1.29, 1.82) is 0 Å². The Balaban J connectivity index is 1.86. The van der Waals surface area contributed by atoms with E-state index in [0.717, 1.165) is 49.8 Å². The quantitative estimate of drug-likeness (QED) is 0.150. The number of methoxy groups -OCH3 is 1. The molecule has 0 aliphatic heterocycles. The van der Waals surface area contributed by atoms with E-state index in [9.17, 15) is 4.79 Å². The fourth-order valence-corrected chi connectivity index (χ4v) is 2.90. The van der Waals surface area contributed by atoms with Crippen molar-refractivity contribution < 1.29 is 23.7 Å². The standard InChI is InChI=1S/C26H34O5/c1-4-6-8-18-29-22-12-14-23(15-13-22)31-26(27)17-11-21-10-16-24(25(20-21)28-3)30-19-9-7-5-2/h10-17,20H,4-9,18-19H2,1-3H3. The first-order valence-electron chi connectivity index (χ1n) is 11.1. The van der Waals surface area contributed by atoms with E-state index >= 15 is 0 Å². The molecule has 168 valence electrons. The summed E-state index contributed by atoms with van der Waals surface area (Å²) in [6.45, 7) is 5.68. The highest BCUT2D eigenvalue weighted by molar-refractivity contribution is 5.88. The number of hydrogen-bond acceptors (Lipinski definition) is 5. The number of ether oxygens (including phenoxy) is 4. The van der Waals surface area contributed by atoms with Gasteiger partial charge >= 0.3 is 5.97 Å². The minimum absolute atomic E-state index is 0.449. The summed E-state index contributed by atoms with van der Waals surface area (Å²) in [6.07, 6.45) is 9.74. The van der Waals surface area contributed by atoms with Crippen molar-refractivity contribution in [2.45, 2.75) is 52.4 Å². The zero-order valence-corrected chi connectivity index (χ0v) is 18.9. The molecule has 31 heavy (non-hydrogen) atoms. The molecule has 0 saturated heterocycles. The number of hydrogen-bond donors (Lipinski definition) is 0. The molecule has 5 heteroatoms. The van der Waals surface area contributed by atoms with Crippen LogP contribution in [0, 0.1) is 0 Å². The summed E-state index contributed by atoms with van der Waals surface area (Å²) in [5.41, 5.74) is 0.825. The molecule has 2 aromatic rings. The summed E-state index contributed by atoms with van der Waals surface area (Å²) >= 11 is 0. The van der Waals surface area contributed by atoms with Crippen molar-refractivity contribution in [3.8, 4) is 23.0 Å². The molecule has 0 spiro atoms. The SMILES string of the molecule is CCCCCOc1ccc(OC(=O)C=Cc2ccc(OCCCCC)c(OC)c2)cc1. The minimum Gasteiger partial charge on any atom is -0.494 e. The Morgan fingerprint density at radius 2 is 1.45 bits per heavy atom. The van der Waals surface area contributed by atoms with Crippen LogP contribution in [0.25, 0.3) is 6.08 Å². The number of benzene rings is 2. The molecule has 0 radical (unpaired) electrons. The van der Waals surface area contributed by atoms with Crippen LogP contribution in [0.2, 0.25) is 0 Å². The number of carbonyl (C=O) groups is 1. The lowest BCUT2D eigenvalue weighted by atomic mass is 10.2. The molecule has 0 saturated carbocycles. The molecule has 0 fully saturated rings. The zero-order valence-electron chi connectivity index (χ0n) is 18.9. The topological polar surface area (TPSA) is 54.0 Å². The van der Waals surface area contributed by atoms with Crippen LogP contribution in [0.4, 0.5) is 0 Å². The Hall–Kier alpha value is -2.95. The van der Waals surface area contributed by atoms with E-state index in [-0.39, 0.29) is 0 Å². The van der Waals surface area contributed by atoms with E-state index in [1.54, 1.807) is 25.3 Å². The summed E-state index contributed by atoms with van der Waals surface area (Å²) in [5, 5.41) is 0. The number of rotatable bonds is 14. The minimum atomic E-state index is -0.449. The van der Waals surface area contributed by atoms with Gasteiger partial charge in [0.15, 0.2) is 11.5 Å². The third-order valence-corrected chi connectivity index (χ3v) is 4.66. The summed E-state index contributed by atoms with van der Waals surface area (Å²) < 4.78 is 22.2. The first kappa shape index (κ1) is 24.3. The molecule has 0 aliphatic carbocycles. The van der Waals surface area contributed by atoms with E-state index in [1.807, 2.05) is 30.3 Å². The van der Waals surface area contributed by atoms with Gasteiger partial charge in [-0.05, 0) is 60.9 Å². The summed E-state index contributed by atoms with van der Waals surface area (Å²) in [6, 6.07) is 12.7. The Bertz CT molecular complexity index is 811. The summed E-state index contributed by atoms with van der Waals surface area (Å²) in [7, 11) is 1.60. The van der Waals surface area contributed by atoms with Gasteiger partial charge in [-0.3, -0.25) is 0 Å². The van der Waals surface area contributed by atoms with Crippen molar-refractivity contribution in [1.82, 2.24) is 0 Å². The van der Waals surface area contributed by atoms with Crippen LogP contribution in [0.3, 0.4) is 0 Å². The second kappa shape index (κ2) is 14.1. The molecule has 0 atom stereocenters. The highest BCUT2D eigenvalue weighted by atomic mass is 16.5. The maximum Gasteiger partial charge on any atom is 0.336 e. The molecule has 0 bridgehead atoms. The van der Waals surface area contributed by atoms with Crippen LogP contribution in [0.5, 0.6) is 23.0 Å². The van der Waals surface area contributed by atoms with Crippen molar-refractivity contribution in [3.63, 3.8) is 0 Å². The summed E-state index contributed by atoms with van der Waals surface area (Å²) in [4.78, 5) is 12.1. The molecule has 0 aliphatic rings. The lowest BCUT2D eigenvalue weighted by Gasteiger charge is -2.11. The predicted molar refractivity (Wildman–Crippen MR) is 124 cm³/mol. The third kappa shape index (κ3) is 9.16. The van der Waals surface area contributed by atoms with Gasteiger partial charge in [0.05, 0.1) is 20.3 Å². The Labute approximate surface area is 186 Å². The number of esters is 1. The molecule has 0 unspecified atom stereocenters. The van der Waals surface area contributed by atoms with E-state index in [4.69, 9.17) is 18.9 Å². The van der Waals surface area contributed by atoms with Gasteiger partial charge < -0.3 is 18.9 Å². The van der Waals surface area contributed by atoms with E-state index in [0.29, 0.717) is 30.5 Å². The van der Waals surface area contributed by atoms with Crippen molar-refractivity contribution in [3.05, 3.63) is 54.1 Å². The van der Waals surface area contributed by atoms with E-state index in [2.05, 4.69) is 13.8 Å². The van der Waals surface area contributed by atoms with Crippen LogP contribution in [-0.4, -0.2) is 26.3 Å². The fourth-order valence-electron chi connectivity index (χ4n) is 2.90. The predicted octanol–water partition coefficient (Wildman–Crippen LogP) is 6.45. The lowest BCUT2D eigenvalue weighted by molar-refractivity contribution is -0.128. The van der Waals surface area contributed by atoms with Crippen molar-refractivity contribution in [2.75, 3.05) is 20.3 Å². The monoisotopic (exact) mass is 426 g/mol. The molecule has 0 amide bonds. The largest absolute Gasteiger partial charge is 0.494 e. The highest BCUT2D eigenvalue weighted by Crippen LogP contribution is 2.29. The van der Waals surface area contributed by atoms with Gasteiger partial charge in [0.1, 0.15) is 11.5 Å². The zero-order chi connectivity index (χ0) is 22.3. The first-order valence-corrected chi connectivity index (χ1v) is 11.1. The first-order chi connectivity index (χ1) is 15.2. The van der Waals surface area contributed by atoms with Crippen LogP contribution in [0.1, 0.15) is 57.9 Å². The normalized spacial score (nSPS) is 10.8. The Morgan fingerprint density at radius 1 is 0.806 bits per heavy atom. The summed E-state index contributed by atoms with van der Waals surface area (Å²) in [5.74, 6) is 2.15.